The van der Waals surface area contributed by atoms with E-state index in [1.54, 1.807) is 6.07 Å². The van der Waals surface area contributed by atoms with E-state index in [-0.39, 0.29) is 5.76 Å². The highest BCUT2D eigenvalue weighted by atomic mass is 16.4. The van der Waals surface area contributed by atoms with Gasteiger partial charge in [-0.3, -0.25) is 4.90 Å². The van der Waals surface area contributed by atoms with Crippen molar-refractivity contribution in [3.63, 3.8) is 0 Å². The van der Waals surface area contributed by atoms with Gasteiger partial charge < -0.3 is 14.4 Å². The van der Waals surface area contributed by atoms with Crippen LogP contribution in [0, 0.1) is 6.92 Å². The molecule has 0 spiro atoms. The molecule has 0 aliphatic carbocycles. The highest BCUT2D eigenvalue weighted by molar-refractivity contribution is 5.84. The minimum atomic E-state index is -1.00. The molecule has 1 aliphatic heterocycles. The number of carboxylic acids is 1. The number of rotatable bonds is 6. The zero-order valence-corrected chi connectivity index (χ0v) is 12.6. The average Bonchev–Trinajstić information content (AvgIpc) is 2.97. The summed E-state index contributed by atoms with van der Waals surface area (Å²) in [5.41, 5.74) is 0.964. The third-order valence-electron chi connectivity index (χ3n) is 4.10. The van der Waals surface area contributed by atoms with Crippen molar-refractivity contribution in [2.45, 2.75) is 39.3 Å². The van der Waals surface area contributed by atoms with Crippen molar-refractivity contribution >= 4 is 5.97 Å². The molecule has 1 N–H and O–H groups in total. The number of carbonyl (C=O) groups is 1. The summed E-state index contributed by atoms with van der Waals surface area (Å²) < 4.78 is 5.25. The molecule has 0 saturated carbocycles. The zero-order valence-electron chi connectivity index (χ0n) is 12.6. The van der Waals surface area contributed by atoms with Crippen LogP contribution in [0.2, 0.25) is 0 Å². The SMILES string of the molecule is CCN1CCCC1CN(C)Cc1cc(C(=O)O)oc1C. The monoisotopic (exact) mass is 280 g/mol. The molecule has 20 heavy (non-hydrogen) atoms. The topological polar surface area (TPSA) is 56.9 Å². The van der Waals surface area contributed by atoms with E-state index in [0.717, 1.165) is 25.2 Å². The van der Waals surface area contributed by atoms with Crippen molar-refractivity contribution in [1.29, 1.82) is 0 Å². The maximum Gasteiger partial charge on any atom is 0.371 e. The number of likely N-dealkylation sites (N-methyl/N-ethyl adjacent to an activating group) is 2. The minimum Gasteiger partial charge on any atom is -0.475 e. The molecule has 1 saturated heterocycles. The van der Waals surface area contributed by atoms with Gasteiger partial charge in [0.2, 0.25) is 5.76 Å². The summed E-state index contributed by atoms with van der Waals surface area (Å²) in [5.74, 6) is -0.273. The minimum absolute atomic E-state index is 0.0296. The molecule has 5 heteroatoms. The number of carboxylic acid groups (broad SMARTS) is 1. The molecule has 0 bridgehead atoms. The smallest absolute Gasteiger partial charge is 0.371 e. The first-order valence-electron chi connectivity index (χ1n) is 7.26. The summed E-state index contributed by atoms with van der Waals surface area (Å²) in [6, 6.07) is 2.26. The van der Waals surface area contributed by atoms with Crippen LogP contribution in [0.5, 0.6) is 0 Å². The van der Waals surface area contributed by atoms with Crippen LogP contribution in [0.15, 0.2) is 10.5 Å². The van der Waals surface area contributed by atoms with Gasteiger partial charge in [0.1, 0.15) is 5.76 Å². The Morgan fingerprint density at radius 2 is 2.35 bits per heavy atom. The third-order valence-corrected chi connectivity index (χ3v) is 4.10. The van der Waals surface area contributed by atoms with Crippen molar-refractivity contribution < 1.29 is 14.3 Å². The molecule has 1 fully saturated rings. The van der Waals surface area contributed by atoms with Crippen molar-refractivity contribution in [2.75, 3.05) is 26.7 Å². The van der Waals surface area contributed by atoms with Gasteiger partial charge in [-0.2, -0.15) is 0 Å². The normalized spacial score (nSPS) is 19.9. The molecule has 5 nitrogen and oxygen atoms in total. The highest BCUT2D eigenvalue weighted by Crippen LogP contribution is 2.20. The lowest BCUT2D eigenvalue weighted by Gasteiger charge is -2.27. The second kappa shape index (κ2) is 6.41. The quantitative estimate of drug-likeness (QED) is 0.865. The van der Waals surface area contributed by atoms with Crippen LogP contribution in [0.4, 0.5) is 0 Å². The summed E-state index contributed by atoms with van der Waals surface area (Å²) in [7, 11) is 2.08. The molecule has 1 aliphatic rings. The van der Waals surface area contributed by atoms with Gasteiger partial charge >= 0.3 is 5.97 Å². The van der Waals surface area contributed by atoms with E-state index in [2.05, 4.69) is 23.8 Å². The fourth-order valence-electron chi connectivity index (χ4n) is 3.02. The van der Waals surface area contributed by atoms with Crippen LogP contribution in [0.3, 0.4) is 0 Å². The zero-order chi connectivity index (χ0) is 14.7. The van der Waals surface area contributed by atoms with Crippen molar-refractivity contribution in [2.24, 2.45) is 0 Å². The molecule has 0 amide bonds. The van der Waals surface area contributed by atoms with E-state index in [9.17, 15) is 4.79 Å². The predicted octanol–water partition coefficient (Wildman–Crippen LogP) is 2.20. The van der Waals surface area contributed by atoms with Gasteiger partial charge in [-0.1, -0.05) is 6.92 Å². The van der Waals surface area contributed by atoms with Crippen molar-refractivity contribution in [1.82, 2.24) is 9.80 Å². The number of furan rings is 1. The maximum atomic E-state index is 10.9. The molecule has 112 valence electrons. The van der Waals surface area contributed by atoms with E-state index < -0.39 is 5.97 Å². The van der Waals surface area contributed by atoms with Crippen molar-refractivity contribution in [3.05, 3.63) is 23.2 Å². The molecule has 0 radical (unpaired) electrons. The first-order chi connectivity index (χ1) is 9.51. The fourth-order valence-corrected chi connectivity index (χ4v) is 3.02. The molecule has 0 aromatic carbocycles. The molecular formula is C15H24N2O3. The number of nitrogens with zero attached hydrogens (tertiary/aromatic N) is 2. The molecule has 1 unspecified atom stereocenters. The fraction of sp³-hybridized carbons (Fsp3) is 0.667. The van der Waals surface area contributed by atoms with E-state index in [1.165, 1.54) is 19.4 Å². The first kappa shape index (κ1) is 15.1. The Morgan fingerprint density at radius 1 is 1.60 bits per heavy atom. The molecular weight excluding hydrogens is 256 g/mol. The molecule has 1 aromatic heterocycles. The second-order valence-corrected chi connectivity index (χ2v) is 5.62. The number of likely N-dealkylation sites (tertiary alicyclic amines) is 1. The summed E-state index contributed by atoms with van der Waals surface area (Å²) in [6.07, 6.45) is 2.53. The van der Waals surface area contributed by atoms with Crippen LogP contribution in [0.1, 0.15) is 41.6 Å². The number of hydrogen-bond acceptors (Lipinski definition) is 4. The van der Waals surface area contributed by atoms with Crippen LogP contribution < -0.4 is 0 Å². The van der Waals surface area contributed by atoms with Gasteiger partial charge in [0.15, 0.2) is 0 Å². The summed E-state index contributed by atoms with van der Waals surface area (Å²) in [5, 5.41) is 8.94. The van der Waals surface area contributed by atoms with Crippen LogP contribution in [-0.2, 0) is 6.54 Å². The summed E-state index contributed by atoms with van der Waals surface area (Å²) in [6.45, 7) is 8.08. The van der Waals surface area contributed by atoms with Gasteiger partial charge in [-0.25, -0.2) is 4.79 Å². The Hall–Kier alpha value is -1.33. The van der Waals surface area contributed by atoms with E-state index in [1.807, 2.05) is 6.92 Å². The molecule has 1 aromatic rings. The largest absolute Gasteiger partial charge is 0.475 e. The van der Waals surface area contributed by atoms with Gasteiger partial charge in [-0.15, -0.1) is 0 Å². The van der Waals surface area contributed by atoms with Crippen LogP contribution in [0.25, 0.3) is 0 Å². The Labute approximate surface area is 120 Å². The Morgan fingerprint density at radius 3 is 2.95 bits per heavy atom. The third kappa shape index (κ3) is 3.41. The van der Waals surface area contributed by atoms with Gasteiger partial charge in [0.25, 0.3) is 0 Å². The molecule has 1 atom stereocenters. The lowest BCUT2D eigenvalue weighted by Crippen LogP contribution is -2.38. The van der Waals surface area contributed by atoms with Gasteiger partial charge in [0, 0.05) is 24.7 Å². The lowest BCUT2D eigenvalue weighted by atomic mass is 10.2. The van der Waals surface area contributed by atoms with E-state index >= 15 is 0 Å². The maximum absolute atomic E-state index is 10.9. The highest BCUT2D eigenvalue weighted by Gasteiger charge is 2.24. The number of aryl methyl sites for hydroxylation is 1. The number of aromatic carboxylic acids is 1. The van der Waals surface area contributed by atoms with E-state index in [0.29, 0.717) is 11.8 Å². The number of hydrogen-bond donors (Lipinski definition) is 1. The Bertz CT molecular complexity index is 470. The van der Waals surface area contributed by atoms with Gasteiger partial charge in [-0.05, 0) is 46.0 Å². The van der Waals surface area contributed by atoms with Crippen LogP contribution >= 0.6 is 0 Å². The van der Waals surface area contributed by atoms with Crippen molar-refractivity contribution in [3.8, 4) is 0 Å². The Balaban J connectivity index is 1.94. The predicted molar refractivity (Wildman–Crippen MR) is 77.0 cm³/mol. The Kier molecular flexibility index (Phi) is 4.83. The van der Waals surface area contributed by atoms with Gasteiger partial charge in [0.05, 0.1) is 0 Å². The summed E-state index contributed by atoms with van der Waals surface area (Å²) >= 11 is 0. The average molecular weight is 280 g/mol. The van der Waals surface area contributed by atoms with E-state index in [4.69, 9.17) is 9.52 Å². The molecule has 2 rings (SSSR count). The standard InChI is InChI=1S/C15H24N2O3/c1-4-17-7-5-6-13(17)10-16(3)9-12-8-14(15(18)19)20-11(12)2/h8,13H,4-7,9-10H2,1-3H3,(H,18,19). The lowest BCUT2D eigenvalue weighted by molar-refractivity contribution is 0.0661. The summed E-state index contributed by atoms with van der Waals surface area (Å²) in [4.78, 5) is 15.7. The second-order valence-electron chi connectivity index (χ2n) is 5.62. The molecule has 2 heterocycles. The van der Waals surface area contributed by atoms with Crippen LogP contribution in [-0.4, -0.2) is 53.6 Å². The first-order valence-corrected chi connectivity index (χ1v) is 7.26.